The lowest BCUT2D eigenvalue weighted by atomic mass is 10.1. The fraction of sp³-hybridized carbons (Fsp3) is 0.545. The van der Waals surface area contributed by atoms with E-state index in [1.807, 2.05) is 6.07 Å². The third kappa shape index (κ3) is 3.61. The molecule has 1 aromatic heterocycles. The quantitative estimate of drug-likeness (QED) is 0.819. The van der Waals surface area contributed by atoms with Crippen molar-refractivity contribution >= 4 is 49.0 Å². The van der Waals surface area contributed by atoms with E-state index in [2.05, 4.69) is 36.8 Å². The Morgan fingerprint density at radius 3 is 2.94 bits per heavy atom. The van der Waals surface area contributed by atoms with Crippen LogP contribution in [-0.2, 0) is 0 Å². The molecule has 17 heavy (non-hydrogen) atoms. The highest BCUT2D eigenvalue weighted by molar-refractivity contribution is 9.12. The van der Waals surface area contributed by atoms with Gasteiger partial charge in [-0.25, -0.2) is 0 Å². The van der Waals surface area contributed by atoms with Gasteiger partial charge in [0.2, 0.25) is 0 Å². The predicted molar refractivity (Wildman–Crippen MR) is 77.7 cm³/mol. The lowest BCUT2D eigenvalue weighted by Gasteiger charge is -2.29. The Morgan fingerprint density at radius 1 is 1.59 bits per heavy atom. The first-order valence-corrected chi connectivity index (χ1v) is 7.92. The number of likely N-dealkylation sites (tertiary alicyclic amines) is 1. The maximum atomic E-state index is 12.1. The van der Waals surface area contributed by atoms with E-state index in [4.69, 9.17) is 5.73 Å². The molecule has 1 saturated heterocycles. The van der Waals surface area contributed by atoms with Crippen LogP contribution in [0, 0.1) is 0 Å². The molecule has 0 saturated carbocycles. The molecule has 1 aromatic rings. The molecule has 0 aliphatic carbocycles. The molecule has 0 spiro atoms. The van der Waals surface area contributed by atoms with Crippen molar-refractivity contribution in [3.05, 3.63) is 19.2 Å². The summed E-state index contributed by atoms with van der Waals surface area (Å²) >= 11 is 8.34. The summed E-state index contributed by atoms with van der Waals surface area (Å²) in [6.45, 7) is 2.27. The van der Waals surface area contributed by atoms with Crippen LogP contribution in [0.1, 0.15) is 23.2 Å². The molecular formula is C11H14Br2N2OS. The van der Waals surface area contributed by atoms with Gasteiger partial charge in [-0.3, -0.25) is 9.69 Å². The van der Waals surface area contributed by atoms with Gasteiger partial charge in [-0.15, -0.1) is 11.3 Å². The van der Waals surface area contributed by atoms with Crippen molar-refractivity contribution in [3.63, 3.8) is 0 Å². The Balaban J connectivity index is 1.99. The van der Waals surface area contributed by atoms with Gasteiger partial charge >= 0.3 is 0 Å². The van der Waals surface area contributed by atoms with Crippen LogP contribution in [0.4, 0.5) is 0 Å². The van der Waals surface area contributed by atoms with Crippen molar-refractivity contribution in [3.8, 4) is 0 Å². The van der Waals surface area contributed by atoms with E-state index in [1.165, 1.54) is 11.3 Å². The summed E-state index contributed by atoms with van der Waals surface area (Å²) in [4.78, 5) is 14.3. The Hall–Kier alpha value is 0.250. The molecule has 6 heteroatoms. The number of hydrogen-bond donors (Lipinski definition) is 1. The minimum absolute atomic E-state index is 0.160. The highest BCUT2D eigenvalue weighted by Crippen LogP contribution is 2.32. The van der Waals surface area contributed by atoms with Gasteiger partial charge in [0.15, 0.2) is 5.78 Å². The number of piperidine rings is 1. The molecule has 2 rings (SSSR count). The van der Waals surface area contributed by atoms with Gasteiger partial charge < -0.3 is 5.73 Å². The molecular weight excluding hydrogens is 368 g/mol. The van der Waals surface area contributed by atoms with Crippen molar-refractivity contribution in [1.29, 1.82) is 0 Å². The molecule has 1 aliphatic heterocycles. The van der Waals surface area contributed by atoms with Crippen LogP contribution in [0.25, 0.3) is 0 Å². The predicted octanol–water partition coefficient (Wildman–Crippen LogP) is 2.88. The monoisotopic (exact) mass is 380 g/mol. The summed E-state index contributed by atoms with van der Waals surface area (Å²) in [6, 6.07) is 2.09. The van der Waals surface area contributed by atoms with E-state index >= 15 is 0 Å². The van der Waals surface area contributed by atoms with Gasteiger partial charge in [0.1, 0.15) is 0 Å². The molecule has 3 nitrogen and oxygen atoms in total. The third-order valence-corrected chi connectivity index (χ3v) is 5.21. The summed E-state index contributed by atoms with van der Waals surface area (Å²) in [7, 11) is 0. The van der Waals surface area contributed by atoms with Gasteiger partial charge in [-0.1, -0.05) is 0 Å². The van der Waals surface area contributed by atoms with E-state index in [0.29, 0.717) is 6.54 Å². The minimum Gasteiger partial charge on any atom is -0.327 e. The summed E-state index contributed by atoms with van der Waals surface area (Å²) < 4.78 is 1.87. The van der Waals surface area contributed by atoms with E-state index in [1.54, 1.807) is 0 Å². The second-order valence-electron chi connectivity index (χ2n) is 4.30. The normalized spacial score (nSPS) is 21.7. The van der Waals surface area contributed by atoms with Gasteiger partial charge in [0, 0.05) is 18.2 Å². The van der Waals surface area contributed by atoms with Crippen LogP contribution in [0.5, 0.6) is 0 Å². The molecule has 0 aromatic carbocycles. The number of nitrogens with two attached hydrogens (primary N) is 1. The maximum absolute atomic E-state index is 12.1. The zero-order chi connectivity index (χ0) is 12.4. The van der Waals surface area contributed by atoms with Crippen LogP contribution in [0.2, 0.25) is 0 Å². The summed E-state index contributed by atoms with van der Waals surface area (Å²) in [5.41, 5.74) is 6.67. The van der Waals surface area contributed by atoms with Crippen LogP contribution in [0.3, 0.4) is 0 Å². The Labute approximate surface area is 122 Å². The SMILES string of the molecule is NC1CCCN(CC(=O)c2cc(Br)sc2Br)C1. The average molecular weight is 382 g/mol. The number of rotatable bonds is 3. The average Bonchev–Trinajstić information content (AvgIpc) is 2.58. The standard InChI is InChI=1S/C11H14Br2N2OS/c12-10-4-8(11(13)17-10)9(16)6-15-3-1-2-7(14)5-15/h4,7H,1-3,5-6,14H2. The Bertz CT molecular complexity index is 422. The number of thiophene rings is 1. The number of carbonyl (C=O) groups is 1. The number of Topliss-reactive ketones (excluding diaryl/α,β-unsaturated/α-hetero) is 1. The van der Waals surface area contributed by atoms with Gasteiger partial charge in [-0.05, 0) is 57.3 Å². The zero-order valence-corrected chi connectivity index (χ0v) is 13.3. The number of ketones is 1. The smallest absolute Gasteiger partial charge is 0.178 e. The van der Waals surface area contributed by atoms with Gasteiger partial charge in [-0.2, -0.15) is 0 Å². The third-order valence-electron chi connectivity index (χ3n) is 2.87. The molecule has 1 unspecified atom stereocenters. The maximum Gasteiger partial charge on any atom is 0.178 e. The summed E-state index contributed by atoms with van der Waals surface area (Å²) in [5.74, 6) is 0.160. The number of halogens is 2. The van der Waals surface area contributed by atoms with Gasteiger partial charge in [0.25, 0.3) is 0 Å². The second-order valence-corrected chi connectivity index (χ2v) is 8.05. The van der Waals surface area contributed by atoms with Crippen molar-refractivity contribution in [2.45, 2.75) is 18.9 Å². The fourth-order valence-electron chi connectivity index (χ4n) is 2.05. The highest BCUT2D eigenvalue weighted by Gasteiger charge is 2.21. The Kier molecular flexibility index (Phi) is 4.77. The molecule has 1 aliphatic rings. The fourth-order valence-corrected chi connectivity index (χ4v) is 4.91. The van der Waals surface area contributed by atoms with Gasteiger partial charge in [0.05, 0.1) is 14.1 Å². The molecule has 0 radical (unpaired) electrons. The van der Waals surface area contributed by atoms with Crippen molar-refractivity contribution in [1.82, 2.24) is 4.90 Å². The first kappa shape index (κ1) is 13.7. The van der Waals surface area contributed by atoms with Crippen molar-refractivity contribution < 1.29 is 4.79 Å². The van der Waals surface area contributed by atoms with E-state index in [0.717, 1.165) is 39.1 Å². The van der Waals surface area contributed by atoms with Crippen LogP contribution >= 0.6 is 43.2 Å². The van der Waals surface area contributed by atoms with Crippen molar-refractivity contribution in [2.75, 3.05) is 19.6 Å². The van der Waals surface area contributed by atoms with Crippen LogP contribution in [0.15, 0.2) is 13.6 Å². The van der Waals surface area contributed by atoms with E-state index in [9.17, 15) is 4.79 Å². The zero-order valence-electron chi connectivity index (χ0n) is 9.29. The van der Waals surface area contributed by atoms with Crippen LogP contribution in [-0.4, -0.2) is 36.4 Å². The lowest BCUT2D eigenvalue weighted by Crippen LogP contribution is -2.44. The first-order valence-electron chi connectivity index (χ1n) is 5.52. The number of nitrogens with zero attached hydrogens (tertiary/aromatic N) is 1. The topological polar surface area (TPSA) is 46.3 Å². The number of hydrogen-bond acceptors (Lipinski definition) is 4. The molecule has 0 bridgehead atoms. The molecule has 2 heterocycles. The number of carbonyl (C=O) groups excluding carboxylic acids is 1. The molecule has 94 valence electrons. The molecule has 0 amide bonds. The summed E-state index contributed by atoms with van der Waals surface area (Å²) in [6.07, 6.45) is 2.15. The molecule has 2 N–H and O–H groups in total. The Morgan fingerprint density at radius 2 is 2.35 bits per heavy atom. The minimum atomic E-state index is 0.160. The molecule has 1 atom stereocenters. The first-order chi connectivity index (χ1) is 8.06. The highest BCUT2D eigenvalue weighted by atomic mass is 79.9. The van der Waals surface area contributed by atoms with Crippen LogP contribution < -0.4 is 5.73 Å². The van der Waals surface area contributed by atoms with E-state index in [-0.39, 0.29) is 11.8 Å². The lowest BCUT2D eigenvalue weighted by molar-refractivity contribution is 0.0908. The van der Waals surface area contributed by atoms with Crippen molar-refractivity contribution in [2.24, 2.45) is 5.73 Å². The second kappa shape index (κ2) is 5.93. The summed E-state index contributed by atoms with van der Waals surface area (Å²) in [5, 5.41) is 0. The van der Waals surface area contributed by atoms with E-state index < -0.39 is 0 Å². The largest absolute Gasteiger partial charge is 0.327 e. The molecule has 1 fully saturated rings.